The topological polar surface area (TPSA) is 55.9 Å². The fraction of sp³-hybridized carbons (Fsp3) is 0.556. The lowest BCUT2D eigenvalue weighted by Crippen LogP contribution is -2.47. The van der Waals surface area contributed by atoms with E-state index in [1.165, 1.54) is 0 Å². The molecule has 1 aromatic heterocycles. The van der Waals surface area contributed by atoms with Gasteiger partial charge in [-0.2, -0.15) is 0 Å². The molecular weight excluding hydrogens is 352 g/mol. The first kappa shape index (κ1) is 17.5. The van der Waals surface area contributed by atoms with Crippen LogP contribution in [0.15, 0.2) is 22.6 Å². The Bertz CT molecular complexity index is 824. The summed E-state index contributed by atoms with van der Waals surface area (Å²) in [7, 11) is 0. The number of hydrogen-bond acceptors (Lipinski definition) is 7. The molecule has 140 valence electrons. The van der Waals surface area contributed by atoms with Crippen molar-refractivity contribution in [2.45, 2.75) is 20.5 Å². The molecule has 0 bridgehead atoms. The highest BCUT2D eigenvalue weighted by Gasteiger charge is 2.20. The number of ether oxygens (including phenoxy) is 2. The van der Waals surface area contributed by atoms with Crippen molar-refractivity contribution in [3.63, 3.8) is 0 Å². The quantitative estimate of drug-likeness (QED) is 0.744. The number of fused-ring (bicyclic) bond motifs is 1. The summed E-state index contributed by atoms with van der Waals surface area (Å²) in [6, 6.07) is 5.64. The molecule has 2 aromatic rings. The normalized spacial score (nSPS) is 18.0. The van der Waals surface area contributed by atoms with Crippen molar-refractivity contribution in [2.75, 3.05) is 39.5 Å². The van der Waals surface area contributed by atoms with E-state index in [-0.39, 0.29) is 6.79 Å². The van der Waals surface area contributed by atoms with Crippen LogP contribution in [0.2, 0.25) is 0 Å². The van der Waals surface area contributed by atoms with E-state index < -0.39 is 0 Å². The Morgan fingerprint density at radius 2 is 1.81 bits per heavy atom. The maximum Gasteiger partial charge on any atom is 0.288 e. The zero-order valence-electron chi connectivity index (χ0n) is 15.2. The van der Waals surface area contributed by atoms with Crippen LogP contribution in [0.25, 0.3) is 11.5 Å². The van der Waals surface area contributed by atoms with Crippen molar-refractivity contribution in [1.82, 2.24) is 19.6 Å². The van der Waals surface area contributed by atoms with Gasteiger partial charge in [0.25, 0.3) is 4.84 Å². The highest BCUT2D eigenvalue weighted by Crippen LogP contribution is 2.35. The van der Waals surface area contributed by atoms with Crippen molar-refractivity contribution in [1.29, 1.82) is 0 Å². The molecule has 8 heteroatoms. The Balaban J connectivity index is 1.42. The van der Waals surface area contributed by atoms with Gasteiger partial charge >= 0.3 is 0 Å². The van der Waals surface area contributed by atoms with E-state index in [1.54, 1.807) is 4.68 Å². The predicted molar refractivity (Wildman–Crippen MR) is 99.7 cm³/mol. The minimum Gasteiger partial charge on any atom is -0.454 e. The molecule has 1 aromatic carbocycles. The molecule has 1 fully saturated rings. The molecule has 7 nitrogen and oxygen atoms in total. The molecule has 0 amide bonds. The number of rotatable bonds is 5. The Morgan fingerprint density at radius 1 is 1.08 bits per heavy atom. The van der Waals surface area contributed by atoms with E-state index in [0.29, 0.717) is 29.1 Å². The van der Waals surface area contributed by atoms with Crippen LogP contribution >= 0.6 is 12.2 Å². The van der Waals surface area contributed by atoms with E-state index in [2.05, 4.69) is 28.7 Å². The Kier molecular flexibility index (Phi) is 4.97. The molecule has 4 rings (SSSR count). The summed E-state index contributed by atoms with van der Waals surface area (Å²) >= 11 is 5.36. The van der Waals surface area contributed by atoms with E-state index >= 15 is 0 Å². The molecule has 0 radical (unpaired) electrons. The smallest absolute Gasteiger partial charge is 0.288 e. The van der Waals surface area contributed by atoms with E-state index in [1.807, 2.05) is 18.2 Å². The van der Waals surface area contributed by atoms with Crippen LogP contribution in [0.1, 0.15) is 13.8 Å². The van der Waals surface area contributed by atoms with Gasteiger partial charge in [0.15, 0.2) is 11.5 Å². The van der Waals surface area contributed by atoms with Crippen LogP contribution in [0.3, 0.4) is 0 Å². The van der Waals surface area contributed by atoms with Gasteiger partial charge in [-0.05, 0) is 36.3 Å². The van der Waals surface area contributed by atoms with Gasteiger partial charge in [-0.15, -0.1) is 5.10 Å². The maximum atomic E-state index is 5.71. The van der Waals surface area contributed by atoms with Crippen molar-refractivity contribution in [3.05, 3.63) is 23.0 Å². The summed E-state index contributed by atoms with van der Waals surface area (Å²) in [5, 5.41) is 4.56. The zero-order chi connectivity index (χ0) is 18.1. The standard InChI is InChI=1S/C18H24N4O3S/c1-13(2)10-20-5-7-21(8-6-20)11-22-18(26)25-17(19-22)14-3-4-15-16(9-14)24-12-23-15/h3-4,9,13H,5-8,10-12H2,1-2H3. The first-order valence-electron chi connectivity index (χ1n) is 9.01. The first-order chi connectivity index (χ1) is 12.6. The molecular formula is C18H24N4O3S. The third kappa shape index (κ3) is 3.77. The van der Waals surface area contributed by atoms with Crippen LogP contribution < -0.4 is 9.47 Å². The Hall–Kier alpha value is -1.90. The van der Waals surface area contributed by atoms with E-state index in [0.717, 1.165) is 44.0 Å². The van der Waals surface area contributed by atoms with Gasteiger partial charge in [-0.1, -0.05) is 13.8 Å². The van der Waals surface area contributed by atoms with Crippen molar-refractivity contribution >= 4 is 12.2 Å². The van der Waals surface area contributed by atoms with Gasteiger partial charge in [0, 0.05) is 38.3 Å². The molecule has 0 spiro atoms. The third-order valence-corrected chi connectivity index (χ3v) is 4.94. The minimum absolute atomic E-state index is 0.249. The monoisotopic (exact) mass is 376 g/mol. The fourth-order valence-corrected chi connectivity index (χ4v) is 3.54. The molecule has 0 saturated carbocycles. The number of hydrogen-bond donors (Lipinski definition) is 0. The van der Waals surface area contributed by atoms with E-state index in [9.17, 15) is 0 Å². The average molecular weight is 376 g/mol. The SMILES string of the molecule is CC(C)CN1CCN(Cn2nc(-c3ccc4c(c3)OCO4)oc2=S)CC1. The van der Waals surface area contributed by atoms with Crippen LogP contribution in [-0.4, -0.2) is 59.1 Å². The summed E-state index contributed by atoms with van der Waals surface area (Å²) < 4.78 is 18.2. The highest BCUT2D eigenvalue weighted by atomic mass is 32.1. The number of benzene rings is 1. The molecule has 2 aliphatic heterocycles. The van der Waals surface area contributed by atoms with Gasteiger partial charge in [0.1, 0.15) is 0 Å². The maximum absolute atomic E-state index is 5.71. The summed E-state index contributed by atoms with van der Waals surface area (Å²) in [6.07, 6.45) is 0. The van der Waals surface area contributed by atoms with Crippen LogP contribution in [0.4, 0.5) is 0 Å². The predicted octanol–water partition coefficient (Wildman–Crippen LogP) is 2.83. The van der Waals surface area contributed by atoms with E-state index in [4.69, 9.17) is 26.1 Å². The molecule has 0 atom stereocenters. The van der Waals surface area contributed by atoms with Crippen molar-refractivity contribution in [2.24, 2.45) is 5.92 Å². The summed E-state index contributed by atoms with van der Waals surface area (Å²) in [6.45, 7) is 10.8. The summed E-state index contributed by atoms with van der Waals surface area (Å²) in [5.41, 5.74) is 0.834. The Labute approximate surface area is 158 Å². The number of nitrogens with zero attached hydrogens (tertiary/aromatic N) is 4. The first-order valence-corrected chi connectivity index (χ1v) is 9.42. The third-order valence-electron chi connectivity index (χ3n) is 4.65. The fourth-order valence-electron chi connectivity index (χ4n) is 3.36. The second-order valence-electron chi connectivity index (χ2n) is 7.19. The molecule has 2 aliphatic rings. The summed E-state index contributed by atoms with van der Waals surface area (Å²) in [5.74, 6) is 2.66. The Morgan fingerprint density at radius 3 is 2.58 bits per heavy atom. The average Bonchev–Trinajstić information content (AvgIpc) is 3.22. The summed E-state index contributed by atoms with van der Waals surface area (Å²) in [4.78, 5) is 5.27. The molecule has 0 N–H and O–H groups in total. The molecule has 0 aliphatic carbocycles. The highest BCUT2D eigenvalue weighted by molar-refractivity contribution is 7.71. The van der Waals surface area contributed by atoms with Gasteiger partial charge < -0.3 is 18.8 Å². The lowest BCUT2D eigenvalue weighted by molar-refractivity contribution is 0.0944. The molecule has 1 saturated heterocycles. The molecule has 0 unspecified atom stereocenters. The van der Waals surface area contributed by atoms with Crippen LogP contribution in [-0.2, 0) is 6.67 Å². The van der Waals surface area contributed by atoms with Crippen LogP contribution in [0.5, 0.6) is 11.5 Å². The largest absolute Gasteiger partial charge is 0.454 e. The second kappa shape index (κ2) is 7.38. The van der Waals surface area contributed by atoms with Gasteiger partial charge in [0.2, 0.25) is 12.7 Å². The second-order valence-corrected chi connectivity index (χ2v) is 7.54. The van der Waals surface area contributed by atoms with Gasteiger partial charge in [0.05, 0.1) is 6.67 Å². The van der Waals surface area contributed by atoms with Crippen molar-refractivity contribution < 1.29 is 13.9 Å². The molecule has 26 heavy (non-hydrogen) atoms. The van der Waals surface area contributed by atoms with Gasteiger partial charge in [-0.3, -0.25) is 4.90 Å². The van der Waals surface area contributed by atoms with Gasteiger partial charge in [-0.25, -0.2) is 4.68 Å². The molecule has 3 heterocycles. The minimum atomic E-state index is 0.249. The lowest BCUT2D eigenvalue weighted by atomic mass is 10.2. The lowest BCUT2D eigenvalue weighted by Gasteiger charge is -2.35. The number of piperazine rings is 1. The zero-order valence-corrected chi connectivity index (χ0v) is 16.0. The van der Waals surface area contributed by atoms with Crippen LogP contribution in [0, 0.1) is 10.8 Å². The number of aromatic nitrogens is 2. The van der Waals surface area contributed by atoms with Crippen molar-refractivity contribution in [3.8, 4) is 23.0 Å².